The minimum absolute atomic E-state index is 0.00714. The Labute approximate surface area is 241 Å². The van der Waals surface area contributed by atoms with Crippen molar-refractivity contribution in [3.63, 3.8) is 0 Å². The molecule has 0 atom stereocenters. The quantitative estimate of drug-likeness (QED) is 0.361. The highest BCUT2D eigenvalue weighted by Gasteiger charge is 2.25. The summed E-state index contributed by atoms with van der Waals surface area (Å²) in [6, 6.07) is 15.0. The first-order chi connectivity index (χ1) is 20.4. The fourth-order valence-corrected chi connectivity index (χ4v) is 4.73. The van der Waals surface area contributed by atoms with E-state index in [-0.39, 0.29) is 22.8 Å². The summed E-state index contributed by atoms with van der Waals surface area (Å²) in [5, 5.41) is 12.5. The summed E-state index contributed by atoms with van der Waals surface area (Å²) in [7, 11) is 2.75. The summed E-state index contributed by atoms with van der Waals surface area (Å²) >= 11 is 0. The van der Waals surface area contributed by atoms with Crippen LogP contribution >= 0.6 is 0 Å². The highest BCUT2D eigenvalue weighted by Crippen LogP contribution is 2.34. The molecule has 1 fully saturated rings. The first-order valence-corrected chi connectivity index (χ1v) is 13.0. The molecule has 1 aliphatic heterocycles. The van der Waals surface area contributed by atoms with Crippen molar-refractivity contribution >= 4 is 23.4 Å². The van der Waals surface area contributed by atoms with Crippen LogP contribution in [0, 0.1) is 17.1 Å². The molecule has 2 aromatic heterocycles. The van der Waals surface area contributed by atoms with Gasteiger partial charge >= 0.3 is 6.09 Å². The lowest BCUT2D eigenvalue weighted by molar-refractivity contribution is 0.102. The summed E-state index contributed by atoms with van der Waals surface area (Å²) in [6.45, 7) is 1.79. The van der Waals surface area contributed by atoms with Crippen LogP contribution in [0.1, 0.15) is 16.1 Å². The fraction of sp³-hybridized carbons (Fsp3) is 0.200. The van der Waals surface area contributed by atoms with Crippen LogP contribution in [0.4, 0.5) is 20.6 Å². The molecule has 1 saturated heterocycles. The topological polar surface area (TPSA) is 134 Å². The Morgan fingerprint density at radius 2 is 1.86 bits per heavy atom. The maximum Gasteiger partial charge on any atom is 0.409 e. The van der Waals surface area contributed by atoms with E-state index in [1.165, 1.54) is 38.6 Å². The largest absolute Gasteiger partial charge is 0.496 e. The number of nitriles is 1. The number of carbonyl (C=O) groups excluding carboxylic acids is 2. The van der Waals surface area contributed by atoms with Gasteiger partial charge in [-0.1, -0.05) is 12.1 Å². The van der Waals surface area contributed by atoms with Crippen molar-refractivity contribution in [2.75, 3.05) is 50.6 Å². The molecule has 1 N–H and O–H groups in total. The number of pyridine rings is 1. The van der Waals surface area contributed by atoms with Crippen molar-refractivity contribution < 1.29 is 23.5 Å². The van der Waals surface area contributed by atoms with Gasteiger partial charge in [-0.25, -0.2) is 19.2 Å². The van der Waals surface area contributed by atoms with Gasteiger partial charge in [0.2, 0.25) is 0 Å². The van der Waals surface area contributed by atoms with Crippen molar-refractivity contribution in [2.45, 2.75) is 0 Å². The summed E-state index contributed by atoms with van der Waals surface area (Å²) in [5.74, 6) is -0.866. The molecule has 3 heterocycles. The number of benzene rings is 2. The van der Waals surface area contributed by atoms with E-state index in [0.29, 0.717) is 48.7 Å². The van der Waals surface area contributed by atoms with Gasteiger partial charge < -0.3 is 24.6 Å². The number of hydrogen-bond acceptors (Lipinski definition) is 9. The maximum atomic E-state index is 14.7. The van der Waals surface area contributed by atoms with Crippen LogP contribution in [0.15, 0.2) is 67.1 Å². The van der Waals surface area contributed by atoms with Gasteiger partial charge in [0.05, 0.1) is 42.8 Å². The highest BCUT2D eigenvalue weighted by molar-refractivity contribution is 6.05. The Bertz CT molecular complexity index is 1680. The highest BCUT2D eigenvalue weighted by atomic mass is 19.1. The van der Waals surface area contributed by atoms with E-state index in [9.17, 15) is 19.2 Å². The number of anilines is 2. The number of nitrogens with one attached hydrogen (secondary N) is 1. The Hall–Kier alpha value is -5.57. The van der Waals surface area contributed by atoms with Gasteiger partial charge in [-0.2, -0.15) is 5.26 Å². The normalized spacial score (nSPS) is 12.8. The number of nitrogens with zero attached hydrogens (tertiary/aromatic N) is 6. The number of ether oxygens (including phenoxy) is 2. The molecule has 0 bridgehead atoms. The molecule has 0 aliphatic carbocycles. The molecule has 0 spiro atoms. The minimum atomic E-state index is -0.581. The third-order valence-corrected chi connectivity index (χ3v) is 6.86. The number of hydrogen-bond donors (Lipinski definition) is 1. The smallest absolute Gasteiger partial charge is 0.409 e. The zero-order chi connectivity index (χ0) is 29.6. The van der Waals surface area contributed by atoms with Gasteiger partial charge in [0.25, 0.3) is 5.91 Å². The first-order valence-electron chi connectivity index (χ1n) is 13.0. The van der Waals surface area contributed by atoms with Crippen LogP contribution < -0.4 is 15.0 Å². The average Bonchev–Trinajstić information content (AvgIpc) is 3.04. The Morgan fingerprint density at radius 1 is 1.05 bits per heavy atom. The standard InChI is InChI=1S/C30H26FN7O4/c1-41-26-5-3-4-22(31)27(26)28-34-11-9-24(35-28)29(39)36-23-7-6-19(21-18-33-10-8-20(21)17-32)16-25(23)37-12-14-38(15-13-37)30(40)42-2/h3-11,16,18H,12-15H2,1-2H3,(H,36,39). The molecule has 2 aromatic carbocycles. The molecular formula is C30H26FN7O4. The predicted molar refractivity (Wildman–Crippen MR) is 153 cm³/mol. The Kier molecular flexibility index (Phi) is 8.19. The number of amides is 2. The molecule has 11 nitrogen and oxygen atoms in total. The molecule has 2 amide bonds. The Morgan fingerprint density at radius 3 is 2.60 bits per heavy atom. The monoisotopic (exact) mass is 567 g/mol. The molecular weight excluding hydrogens is 541 g/mol. The molecule has 4 aromatic rings. The van der Waals surface area contributed by atoms with Crippen LogP contribution in [0.2, 0.25) is 0 Å². The third-order valence-electron chi connectivity index (χ3n) is 6.86. The van der Waals surface area contributed by atoms with Crippen LogP contribution in [0.5, 0.6) is 5.75 Å². The van der Waals surface area contributed by atoms with E-state index in [4.69, 9.17) is 9.47 Å². The van der Waals surface area contributed by atoms with Gasteiger partial charge in [0.15, 0.2) is 5.82 Å². The van der Waals surface area contributed by atoms with E-state index in [1.54, 1.807) is 41.6 Å². The third kappa shape index (κ3) is 5.66. The van der Waals surface area contributed by atoms with Crippen LogP contribution in [-0.2, 0) is 4.74 Å². The van der Waals surface area contributed by atoms with E-state index >= 15 is 0 Å². The van der Waals surface area contributed by atoms with Crippen molar-refractivity contribution in [1.29, 1.82) is 5.26 Å². The van der Waals surface area contributed by atoms with Gasteiger partial charge in [0, 0.05) is 50.3 Å². The second kappa shape index (κ2) is 12.3. The molecule has 42 heavy (non-hydrogen) atoms. The molecule has 12 heteroatoms. The van der Waals surface area contributed by atoms with E-state index in [2.05, 4.69) is 26.3 Å². The van der Waals surface area contributed by atoms with Crippen LogP contribution in [0.25, 0.3) is 22.5 Å². The lowest BCUT2D eigenvalue weighted by Gasteiger charge is -2.36. The number of carbonyl (C=O) groups is 2. The van der Waals surface area contributed by atoms with Crippen molar-refractivity contribution in [3.8, 4) is 34.3 Å². The minimum Gasteiger partial charge on any atom is -0.496 e. The fourth-order valence-electron chi connectivity index (χ4n) is 4.73. The van der Waals surface area contributed by atoms with E-state index in [1.807, 2.05) is 11.0 Å². The molecule has 0 saturated carbocycles. The Balaban J connectivity index is 1.48. The number of aromatic nitrogens is 3. The SMILES string of the molecule is COC(=O)N1CCN(c2cc(-c3cnccc3C#N)ccc2NC(=O)c2ccnc(-c3c(F)cccc3OC)n2)CC1. The van der Waals surface area contributed by atoms with Crippen LogP contribution in [-0.4, -0.2) is 72.3 Å². The molecule has 1 aliphatic rings. The summed E-state index contributed by atoms with van der Waals surface area (Å²) < 4.78 is 24.8. The lowest BCUT2D eigenvalue weighted by Crippen LogP contribution is -2.49. The lowest BCUT2D eigenvalue weighted by atomic mass is 10.0. The zero-order valence-corrected chi connectivity index (χ0v) is 22.9. The number of piperazine rings is 1. The van der Waals surface area contributed by atoms with Crippen LogP contribution in [0.3, 0.4) is 0 Å². The molecule has 5 rings (SSSR count). The molecule has 0 unspecified atom stereocenters. The van der Waals surface area contributed by atoms with Crippen molar-refractivity contribution in [1.82, 2.24) is 19.9 Å². The number of halogens is 1. The number of methoxy groups -OCH3 is 2. The van der Waals surface area contributed by atoms with E-state index in [0.717, 1.165) is 5.56 Å². The average molecular weight is 568 g/mol. The van der Waals surface area contributed by atoms with Crippen molar-refractivity contribution in [3.05, 3.63) is 84.2 Å². The number of rotatable bonds is 6. The zero-order valence-electron chi connectivity index (χ0n) is 22.9. The summed E-state index contributed by atoms with van der Waals surface area (Å²) in [4.78, 5) is 41.8. The van der Waals surface area contributed by atoms with E-state index < -0.39 is 17.8 Å². The molecule has 212 valence electrons. The summed E-state index contributed by atoms with van der Waals surface area (Å²) in [6.07, 6.45) is 4.14. The predicted octanol–water partition coefficient (Wildman–Crippen LogP) is 4.37. The van der Waals surface area contributed by atoms with Gasteiger partial charge in [-0.3, -0.25) is 9.78 Å². The second-order valence-electron chi connectivity index (χ2n) is 9.25. The maximum absolute atomic E-state index is 14.7. The van der Waals surface area contributed by atoms with Crippen molar-refractivity contribution in [2.24, 2.45) is 0 Å². The second-order valence-corrected chi connectivity index (χ2v) is 9.25. The summed E-state index contributed by atoms with van der Waals surface area (Å²) in [5.41, 5.74) is 3.08. The first kappa shape index (κ1) is 28.0. The van der Waals surface area contributed by atoms with Gasteiger partial charge in [-0.15, -0.1) is 0 Å². The van der Waals surface area contributed by atoms with Gasteiger partial charge in [0.1, 0.15) is 17.3 Å². The molecule has 0 radical (unpaired) electrons. The van der Waals surface area contributed by atoms with Gasteiger partial charge in [-0.05, 0) is 42.0 Å².